The van der Waals surface area contributed by atoms with Crippen LogP contribution in [0, 0.1) is 0 Å². The van der Waals surface area contributed by atoms with Crippen molar-refractivity contribution in [3.8, 4) is 0 Å². The zero-order valence-corrected chi connectivity index (χ0v) is 12.4. The fraction of sp³-hybridized carbons (Fsp3) is 0.333. The van der Waals surface area contributed by atoms with Crippen LogP contribution in [0.3, 0.4) is 0 Å². The van der Waals surface area contributed by atoms with Crippen LogP contribution in [-0.2, 0) is 5.75 Å². The van der Waals surface area contributed by atoms with Gasteiger partial charge in [-0.15, -0.1) is 23.1 Å². The molecule has 0 unspecified atom stereocenters. The molecular weight excluding hydrogens is 286 g/mol. The van der Waals surface area contributed by atoms with Crippen LogP contribution in [0.25, 0.3) is 0 Å². The predicted octanol–water partition coefficient (Wildman–Crippen LogP) is 4.31. The number of rotatable bonds is 6. The Balaban J connectivity index is 1.86. The fourth-order valence-corrected chi connectivity index (χ4v) is 3.09. The lowest BCUT2D eigenvalue weighted by atomic mass is 10.5. The lowest BCUT2D eigenvalue weighted by Crippen LogP contribution is -1.97. The van der Waals surface area contributed by atoms with Gasteiger partial charge in [-0.2, -0.15) is 0 Å². The van der Waals surface area contributed by atoms with E-state index in [2.05, 4.69) is 22.2 Å². The van der Waals surface area contributed by atoms with Crippen LogP contribution in [0.5, 0.6) is 0 Å². The lowest BCUT2D eigenvalue weighted by molar-refractivity contribution is 0.976. The summed E-state index contributed by atoms with van der Waals surface area (Å²) in [5.41, 5.74) is 0. The molecule has 0 aliphatic rings. The SMILES string of the molecule is CCCNc1ncc(CSc2ccc(Cl)cn2)s1. The monoisotopic (exact) mass is 299 g/mol. The number of thiazole rings is 1. The first kappa shape index (κ1) is 13.6. The molecule has 0 atom stereocenters. The summed E-state index contributed by atoms with van der Waals surface area (Å²) in [6, 6.07) is 3.79. The summed E-state index contributed by atoms with van der Waals surface area (Å²) in [5.74, 6) is 0.889. The molecule has 6 heteroatoms. The first-order valence-corrected chi connectivity index (χ1v) is 7.89. The van der Waals surface area contributed by atoms with Gasteiger partial charge in [-0.25, -0.2) is 9.97 Å². The van der Waals surface area contributed by atoms with Crippen LogP contribution in [-0.4, -0.2) is 16.5 Å². The summed E-state index contributed by atoms with van der Waals surface area (Å²) >= 11 is 9.18. The van der Waals surface area contributed by atoms with E-state index in [1.165, 1.54) is 4.88 Å². The van der Waals surface area contributed by atoms with Crippen molar-refractivity contribution in [2.24, 2.45) is 0 Å². The summed E-state index contributed by atoms with van der Waals surface area (Å²) in [6.45, 7) is 3.11. The number of anilines is 1. The Morgan fingerprint density at radius 2 is 2.22 bits per heavy atom. The van der Waals surface area contributed by atoms with Crippen LogP contribution < -0.4 is 5.32 Å². The van der Waals surface area contributed by atoms with Crippen molar-refractivity contribution in [1.82, 2.24) is 9.97 Å². The number of aromatic nitrogens is 2. The van der Waals surface area contributed by atoms with E-state index < -0.39 is 0 Å². The van der Waals surface area contributed by atoms with Gasteiger partial charge in [-0.05, 0) is 18.6 Å². The molecule has 2 aromatic heterocycles. The van der Waals surface area contributed by atoms with Crippen molar-refractivity contribution in [1.29, 1.82) is 0 Å². The van der Waals surface area contributed by atoms with E-state index in [9.17, 15) is 0 Å². The molecule has 3 nitrogen and oxygen atoms in total. The van der Waals surface area contributed by atoms with Crippen molar-refractivity contribution in [2.45, 2.75) is 24.1 Å². The molecule has 2 heterocycles. The van der Waals surface area contributed by atoms with E-state index in [-0.39, 0.29) is 0 Å². The van der Waals surface area contributed by atoms with Gasteiger partial charge >= 0.3 is 0 Å². The maximum atomic E-state index is 5.79. The first-order chi connectivity index (χ1) is 8.78. The molecule has 0 aliphatic heterocycles. The summed E-state index contributed by atoms with van der Waals surface area (Å²) < 4.78 is 0. The summed E-state index contributed by atoms with van der Waals surface area (Å²) in [4.78, 5) is 9.83. The second-order valence-electron chi connectivity index (χ2n) is 3.66. The number of pyridine rings is 1. The van der Waals surface area contributed by atoms with E-state index in [1.54, 1.807) is 29.3 Å². The minimum absolute atomic E-state index is 0.670. The van der Waals surface area contributed by atoms with Gasteiger partial charge in [0.15, 0.2) is 5.13 Å². The molecule has 0 radical (unpaired) electrons. The first-order valence-electron chi connectivity index (χ1n) is 5.71. The smallest absolute Gasteiger partial charge is 0.182 e. The molecule has 18 heavy (non-hydrogen) atoms. The fourth-order valence-electron chi connectivity index (χ4n) is 1.28. The number of thioether (sulfide) groups is 1. The number of hydrogen-bond donors (Lipinski definition) is 1. The molecule has 1 N–H and O–H groups in total. The third-order valence-electron chi connectivity index (χ3n) is 2.14. The minimum Gasteiger partial charge on any atom is -0.362 e. The lowest BCUT2D eigenvalue weighted by Gasteiger charge is -1.98. The summed E-state index contributed by atoms with van der Waals surface area (Å²) in [5, 5.41) is 5.93. The highest BCUT2D eigenvalue weighted by molar-refractivity contribution is 7.98. The third kappa shape index (κ3) is 4.15. The number of nitrogens with one attached hydrogen (secondary N) is 1. The van der Waals surface area contributed by atoms with E-state index in [1.807, 2.05) is 18.3 Å². The van der Waals surface area contributed by atoms with Gasteiger partial charge < -0.3 is 5.32 Å². The molecule has 0 fully saturated rings. The van der Waals surface area contributed by atoms with E-state index in [0.717, 1.165) is 28.9 Å². The summed E-state index contributed by atoms with van der Waals surface area (Å²) in [6.07, 6.45) is 4.70. The minimum atomic E-state index is 0.670. The largest absolute Gasteiger partial charge is 0.362 e. The normalized spacial score (nSPS) is 10.6. The van der Waals surface area contributed by atoms with Crippen molar-refractivity contribution in [3.05, 3.63) is 34.4 Å². The number of halogens is 1. The molecule has 0 amide bonds. The Morgan fingerprint density at radius 1 is 1.33 bits per heavy atom. The van der Waals surface area contributed by atoms with Crippen LogP contribution >= 0.6 is 34.7 Å². The Labute approximate surface area is 120 Å². The highest BCUT2D eigenvalue weighted by Gasteiger charge is 2.03. The molecular formula is C12H14ClN3S2. The van der Waals surface area contributed by atoms with Crippen LogP contribution in [0.4, 0.5) is 5.13 Å². The van der Waals surface area contributed by atoms with Gasteiger partial charge in [-0.3, -0.25) is 0 Å². The average molecular weight is 300 g/mol. The topological polar surface area (TPSA) is 37.8 Å². The zero-order valence-electron chi connectivity index (χ0n) is 10.0. The van der Waals surface area contributed by atoms with Crippen LogP contribution in [0.15, 0.2) is 29.6 Å². The standard InChI is InChI=1S/C12H14ClN3S2/c1-2-5-14-12-16-7-10(18-12)8-17-11-4-3-9(13)6-15-11/h3-4,6-7H,2,5,8H2,1H3,(H,14,16). The second kappa shape index (κ2) is 6.97. The molecule has 0 spiro atoms. The highest BCUT2D eigenvalue weighted by atomic mass is 35.5. The van der Waals surface area contributed by atoms with Gasteiger partial charge in [0.1, 0.15) is 0 Å². The Kier molecular flexibility index (Phi) is 5.28. The van der Waals surface area contributed by atoms with Gasteiger partial charge in [-0.1, -0.05) is 18.5 Å². The molecule has 0 aliphatic carbocycles. The Morgan fingerprint density at radius 3 is 2.94 bits per heavy atom. The van der Waals surface area contributed by atoms with Crippen molar-refractivity contribution < 1.29 is 0 Å². The summed E-state index contributed by atoms with van der Waals surface area (Å²) in [7, 11) is 0. The maximum absolute atomic E-state index is 5.79. The van der Waals surface area contributed by atoms with Crippen LogP contribution in [0.2, 0.25) is 5.02 Å². The molecule has 0 aromatic carbocycles. The van der Waals surface area contributed by atoms with Crippen molar-refractivity contribution >= 4 is 39.8 Å². The van der Waals surface area contributed by atoms with Gasteiger partial charge in [0.05, 0.1) is 10.0 Å². The van der Waals surface area contributed by atoms with E-state index in [0.29, 0.717) is 5.02 Å². The van der Waals surface area contributed by atoms with E-state index in [4.69, 9.17) is 11.6 Å². The predicted molar refractivity (Wildman–Crippen MR) is 79.7 cm³/mol. The number of hydrogen-bond acceptors (Lipinski definition) is 5. The Hall–Kier alpha value is -0.780. The molecule has 0 saturated heterocycles. The molecule has 2 aromatic rings. The molecule has 0 bridgehead atoms. The molecule has 2 rings (SSSR count). The van der Waals surface area contributed by atoms with Crippen LogP contribution in [0.1, 0.15) is 18.2 Å². The number of nitrogens with zero attached hydrogens (tertiary/aromatic N) is 2. The third-order valence-corrected chi connectivity index (χ3v) is 4.50. The molecule has 96 valence electrons. The maximum Gasteiger partial charge on any atom is 0.182 e. The van der Waals surface area contributed by atoms with Gasteiger partial charge in [0.25, 0.3) is 0 Å². The van der Waals surface area contributed by atoms with Crippen molar-refractivity contribution in [2.75, 3.05) is 11.9 Å². The van der Waals surface area contributed by atoms with Gasteiger partial charge in [0, 0.05) is 29.6 Å². The zero-order chi connectivity index (χ0) is 12.8. The Bertz CT molecular complexity index is 484. The average Bonchev–Trinajstić information content (AvgIpc) is 2.84. The van der Waals surface area contributed by atoms with E-state index >= 15 is 0 Å². The second-order valence-corrected chi connectivity index (χ2v) is 6.21. The molecule has 0 saturated carbocycles. The van der Waals surface area contributed by atoms with Crippen molar-refractivity contribution in [3.63, 3.8) is 0 Å². The quantitative estimate of drug-likeness (QED) is 0.807. The highest BCUT2D eigenvalue weighted by Crippen LogP contribution is 2.26. The van der Waals surface area contributed by atoms with Gasteiger partial charge in [0.2, 0.25) is 0 Å².